The normalized spacial score (nSPS) is 11.5. The predicted octanol–water partition coefficient (Wildman–Crippen LogP) is 5.15. The summed E-state index contributed by atoms with van der Waals surface area (Å²) in [5, 5.41) is 1.32. The molecule has 3 rings (SSSR count). The van der Waals surface area contributed by atoms with Crippen molar-refractivity contribution >= 4 is 39.1 Å². The Balaban J connectivity index is 1.80. The van der Waals surface area contributed by atoms with E-state index in [1.54, 1.807) is 24.3 Å². The van der Waals surface area contributed by atoms with E-state index in [4.69, 9.17) is 11.6 Å². The van der Waals surface area contributed by atoms with E-state index in [1.807, 2.05) is 6.07 Å². The summed E-state index contributed by atoms with van der Waals surface area (Å²) in [5.41, 5.74) is 1.51. The molecule has 0 fully saturated rings. The molecule has 1 aromatic heterocycles. The van der Waals surface area contributed by atoms with E-state index < -0.39 is 12.1 Å². The average molecular weight is 384 g/mol. The summed E-state index contributed by atoms with van der Waals surface area (Å²) >= 11 is 7.40. The summed E-state index contributed by atoms with van der Waals surface area (Å²) in [6.45, 7) is 1.28. The van der Waals surface area contributed by atoms with Gasteiger partial charge in [0.1, 0.15) is 10.8 Å². The predicted molar refractivity (Wildman–Crippen MR) is 92.3 cm³/mol. The average Bonchev–Trinajstić information content (AvgIpc) is 2.98. The van der Waals surface area contributed by atoms with Crippen LogP contribution in [0.1, 0.15) is 6.92 Å². The van der Waals surface area contributed by atoms with Crippen LogP contribution >= 0.6 is 22.9 Å². The summed E-state index contributed by atoms with van der Waals surface area (Å²) in [7, 11) is 0. The molecule has 0 saturated carbocycles. The van der Waals surface area contributed by atoms with Crippen LogP contribution in [-0.4, -0.2) is 23.7 Å². The first-order valence-corrected chi connectivity index (χ1v) is 8.49. The van der Waals surface area contributed by atoms with E-state index in [0.29, 0.717) is 5.02 Å². The minimum Gasteiger partial charge on any atom is -0.459 e. The van der Waals surface area contributed by atoms with E-state index in [1.165, 1.54) is 30.4 Å². The topological polar surface area (TPSA) is 48.4 Å². The molecule has 0 aliphatic carbocycles. The second-order valence-corrected chi connectivity index (χ2v) is 6.46. The summed E-state index contributed by atoms with van der Waals surface area (Å²) < 4.78 is 36.8. The van der Waals surface area contributed by atoms with Gasteiger partial charge in [-0.2, -0.15) is 8.78 Å². The molecule has 0 amide bonds. The number of aromatic nitrogens is 1. The van der Waals surface area contributed by atoms with Gasteiger partial charge in [-0.05, 0) is 49.4 Å². The van der Waals surface area contributed by atoms with Gasteiger partial charge in [-0.1, -0.05) is 11.6 Å². The van der Waals surface area contributed by atoms with Gasteiger partial charge < -0.3 is 9.47 Å². The SMILES string of the molecule is CCOC(=O)C(F)(F)Oc1ccc(-c2nc3cc(Cl)ccc3s2)cc1. The lowest BCUT2D eigenvalue weighted by atomic mass is 10.2. The molecule has 0 bridgehead atoms. The van der Waals surface area contributed by atoms with Crippen LogP contribution < -0.4 is 4.74 Å². The Labute approximate surface area is 151 Å². The number of benzene rings is 2. The van der Waals surface area contributed by atoms with E-state index in [0.717, 1.165) is 20.8 Å². The van der Waals surface area contributed by atoms with Crippen molar-refractivity contribution in [1.29, 1.82) is 0 Å². The molecule has 130 valence electrons. The number of carbonyl (C=O) groups is 1. The van der Waals surface area contributed by atoms with E-state index in [-0.39, 0.29) is 12.4 Å². The lowest BCUT2D eigenvalue weighted by molar-refractivity contribution is -0.216. The van der Waals surface area contributed by atoms with Crippen molar-refractivity contribution in [2.24, 2.45) is 0 Å². The van der Waals surface area contributed by atoms with Crippen LogP contribution in [0.5, 0.6) is 5.75 Å². The highest BCUT2D eigenvalue weighted by atomic mass is 35.5. The first-order valence-electron chi connectivity index (χ1n) is 7.29. The summed E-state index contributed by atoms with van der Waals surface area (Å²) in [6.07, 6.45) is -4.04. The van der Waals surface area contributed by atoms with Crippen molar-refractivity contribution < 1.29 is 23.0 Å². The van der Waals surface area contributed by atoms with Gasteiger partial charge in [-0.25, -0.2) is 9.78 Å². The number of alkyl halides is 2. The highest BCUT2D eigenvalue weighted by molar-refractivity contribution is 7.21. The number of hydrogen-bond acceptors (Lipinski definition) is 5. The van der Waals surface area contributed by atoms with Crippen molar-refractivity contribution in [3.8, 4) is 16.3 Å². The van der Waals surface area contributed by atoms with Crippen molar-refractivity contribution in [3.63, 3.8) is 0 Å². The number of nitrogens with zero attached hydrogens (tertiary/aromatic N) is 1. The number of esters is 1. The molecule has 3 aromatic rings. The Hall–Kier alpha value is -2.25. The molecule has 0 aliphatic rings. The number of carbonyl (C=O) groups excluding carboxylic acids is 1. The monoisotopic (exact) mass is 383 g/mol. The van der Waals surface area contributed by atoms with Gasteiger partial charge in [-0.15, -0.1) is 11.3 Å². The molecule has 0 atom stereocenters. The van der Waals surface area contributed by atoms with Gasteiger partial charge in [0.15, 0.2) is 0 Å². The lowest BCUT2D eigenvalue weighted by Gasteiger charge is -2.15. The maximum absolute atomic E-state index is 13.6. The zero-order valence-electron chi connectivity index (χ0n) is 13.0. The summed E-state index contributed by atoms with van der Waals surface area (Å²) in [4.78, 5) is 15.6. The second-order valence-electron chi connectivity index (χ2n) is 4.99. The molecule has 0 N–H and O–H groups in total. The molecule has 25 heavy (non-hydrogen) atoms. The Kier molecular flexibility index (Phi) is 4.87. The minimum absolute atomic E-state index is 0.147. The molecule has 2 aromatic carbocycles. The van der Waals surface area contributed by atoms with Gasteiger partial charge in [0.25, 0.3) is 0 Å². The molecule has 1 heterocycles. The standard InChI is InChI=1S/C17H12ClF2NO3S/c1-2-23-16(22)17(19,20)24-12-6-3-10(4-7-12)15-21-13-9-11(18)5-8-14(13)25-15/h3-9H,2H2,1H3. The molecule has 0 unspecified atom stereocenters. The first kappa shape index (κ1) is 17.6. The van der Waals surface area contributed by atoms with Crippen LogP contribution in [-0.2, 0) is 9.53 Å². The Morgan fingerprint density at radius 3 is 2.64 bits per heavy atom. The quantitative estimate of drug-likeness (QED) is 0.571. The zero-order valence-corrected chi connectivity index (χ0v) is 14.5. The number of rotatable bonds is 5. The summed E-state index contributed by atoms with van der Waals surface area (Å²) in [6, 6.07) is 11.3. The molecule has 8 heteroatoms. The number of thiazole rings is 1. The third kappa shape index (κ3) is 3.88. The minimum atomic E-state index is -4.04. The smallest absolute Gasteiger partial charge is 0.459 e. The van der Waals surface area contributed by atoms with Gasteiger partial charge in [-0.3, -0.25) is 0 Å². The maximum Gasteiger partial charge on any atom is 0.502 e. The van der Waals surface area contributed by atoms with Gasteiger partial charge in [0.2, 0.25) is 0 Å². The van der Waals surface area contributed by atoms with Gasteiger partial charge in [0, 0.05) is 10.6 Å². The Bertz CT molecular complexity index is 912. The van der Waals surface area contributed by atoms with Crippen molar-refractivity contribution in [3.05, 3.63) is 47.5 Å². The highest BCUT2D eigenvalue weighted by Crippen LogP contribution is 2.33. The number of fused-ring (bicyclic) bond motifs is 1. The van der Waals surface area contributed by atoms with E-state index in [2.05, 4.69) is 14.5 Å². The Morgan fingerprint density at radius 1 is 1.24 bits per heavy atom. The van der Waals surface area contributed by atoms with Crippen LogP contribution in [0.4, 0.5) is 8.78 Å². The molecule has 4 nitrogen and oxygen atoms in total. The highest BCUT2D eigenvalue weighted by Gasteiger charge is 2.44. The fourth-order valence-electron chi connectivity index (χ4n) is 2.09. The molecule has 0 aliphatic heterocycles. The van der Waals surface area contributed by atoms with Crippen LogP contribution in [0.15, 0.2) is 42.5 Å². The number of halogens is 3. The molecular formula is C17H12ClF2NO3S. The van der Waals surface area contributed by atoms with Crippen LogP contribution in [0, 0.1) is 0 Å². The van der Waals surface area contributed by atoms with Crippen LogP contribution in [0.2, 0.25) is 5.02 Å². The molecule has 0 radical (unpaired) electrons. The van der Waals surface area contributed by atoms with Crippen molar-refractivity contribution in [2.75, 3.05) is 6.61 Å². The third-order valence-corrected chi connectivity index (χ3v) is 4.53. The summed E-state index contributed by atoms with van der Waals surface area (Å²) in [5.74, 6) is -1.87. The Morgan fingerprint density at radius 2 is 1.96 bits per heavy atom. The fourth-order valence-corrected chi connectivity index (χ4v) is 3.21. The van der Waals surface area contributed by atoms with E-state index >= 15 is 0 Å². The van der Waals surface area contributed by atoms with Crippen LogP contribution in [0.25, 0.3) is 20.8 Å². The first-order chi connectivity index (χ1) is 11.9. The number of ether oxygens (including phenoxy) is 2. The lowest BCUT2D eigenvalue weighted by Crippen LogP contribution is -2.36. The van der Waals surface area contributed by atoms with E-state index in [9.17, 15) is 13.6 Å². The van der Waals surface area contributed by atoms with Crippen molar-refractivity contribution in [1.82, 2.24) is 4.98 Å². The van der Waals surface area contributed by atoms with Gasteiger partial charge >= 0.3 is 12.1 Å². The largest absolute Gasteiger partial charge is 0.502 e. The fraction of sp³-hybridized carbons (Fsp3) is 0.176. The maximum atomic E-state index is 13.6. The molecular weight excluding hydrogens is 372 g/mol. The third-order valence-electron chi connectivity index (χ3n) is 3.21. The van der Waals surface area contributed by atoms with Crippen molar-refractivity contribution in [2.45, 2.75) is 13.0 Å². The second kappa shape index (κ2) is 6.93. The van der Waals surface area contributed by atoms with Crippen LogP contribution in [0.3, 0.4) is 0 Å². The van der Waals surface area contributed by atoms with Gasteiger partial charge in [0.05, 0.1) is 16.8 Å². The number of hydrogen-bond donors (Lipinski definition) is 0. The molecule has 0 saturated heterocycles. The molecule has 0 spiro atoms. The zero-order chi connectivity index (χ0) is 18.0.